The van der Waals surface area contributed by atoms with E-state index < -0.39 is 129 Å². The molecule has 0 aromatic rings. The molecule has 1 aliphatic carbocycles. The zero-order chi connectivity index (χ0) is 32.5. The highest BCUT2D eigenvalue weighted by Gasteiger charge is 2.54. The molecule has 19 atom stereocenters. The number of rotatable bonds is 11. The minimum absolute atomic E-state index is 0.0909. The van der Waals surface area contributed by atoms with E-state index in [4.69, 9.17) is 61.8 Å². The lowest BCUT2D eigenvalue weighted by atomic mass is 9.84. The molecule has 0 unspecified atom stereocenters. The third kappa shape index (κ3) is 7.21. The van der Waals surface area contributed by atoms with Crippen molar-refractivity contribution in [2.45, 2.75) is 130 Å². The van der Waals surface area contributed by atoms with E-state index >= 15 is 0 Å². The van der Waals surface area contributed by atoms with E-state index in [-0.39, 0.29) is 19.6 Å². The fourth-order valence-electron chi connectivity index (χ4n) is 6.08. The van der Waals surface area contributed by atoms with E-state index in [0.717, 1.165) is 0 Å². The average molecular weight is 644 g/mol. The SMILES string of the molecule is CCO[C@H]1[C@H](O)[C@@H](N)[C@@H](O[C@H]2[C@H](O[C@@H]3O[C@H](CO)[C@@H](O[C@H]4O[C@@H](CN)[C@@H](O)[C@H](O)[C@H]4N)[C@H]3O)[C@@H](O)[C@H](N)C[C@@H]2N)O[C@@H]1CO. The van der Waals surface area contributed by atoms with E-state index in [0.29, 0.717) is 0 Å². The predicted octanol–water partition coefficient (Wildman–Crippen LogP) is -7.82. The lowest BCUT2D eigenvalue weighted by molar-refractivity contribution is -0.314. The molecule has 1 saturated carbocycles. The summed E-state index contributed by atoms with van der Waals surface area (Å²) < 4.78 is 40.5. The van der Waals surface area contributed by atoms with Crippen molar-refractivity contribution < 1.29 is 68.9 Å². The van der Waals surface area contributed by atoms with E-state index in [1.165, 1.54) is 0 Å². The van der Waals surface area contributed by atoms with Crippen molar-refractivity contribution in [3.8, 4) is 0 Å². The topological polar surface area (TPSA) is 336 Å². The van der Waals surface area contributed by atoms with Gasteiger partial charge in [-0.25, -0.2) is 0 Å². The molecule has 0 amide bonds. The summed E-state index contributed by atoms with van der Waals surface area (Å²) in [5.74, 6) is 0. The van der Waals surface area contributed by atoms with Gasteiger partial charge in [0.15, 0.2) is 18.9 Å². The summed E-state index contributed by atoms with van der Waals surface area (Å²) in [4.78, 5) is 0. The van der Waals surface area contributed by atoms with Crippen LogP contribution in [-0.4, -0.2) is 178 Å². The van der Waals surface area contributed by atoms with Gasteiger partial charge in [-0.2, -0.15) is 0 Å². The first-order valence-electron chi connectivity index (χ1n) is 14.8. The Labute approximate surface area is 254 Å². The molecule has 19 heteroatoms. The first-order valence-corrected chi connectivity index (χ1v) is 14.8. The van der Waals surface area contributed by atoms with Crippen molar-refractivity contribution in [3.05, 3.63) is 0 Å². The van der Waals surface area contributed by atoms with Gasteiger partial charge < -0.3 is 97.6 Å². The molecule has 0 radical (unpaired) electrons. The van der Waals surface area contributed by atoms with Crippen LogP contribution in [0, 0.1) is 0 Å². The Bertz CT molecular complexity index is 898. The van der Waals surface area contributed by atoms with E-state index in [2.05, 4.69) is 0 Å². The summed E-state index contributed by atoms with van der Waals surface area (Å²) in [7, 11) is 0. The monoisotopic (exact) mass is 643 g/mol. The smallest absolute Gasteiger partial charge is 0.187 e. The van der Waals surface area contributed by atoms with Gasteiger partial charge in [-0.3, -0.25) is 0 Å². The maximum Gasteiger partial charge on any atom is 0.187 e. The van der Waals surface area contributed by atoms with Crippen molar-refractivity contribution in [2.24, 2.45) is 28.7 Å². The lowest BCUT2D eigenvalue weighted by Crippen LogP contribution is -2.68. The van der Waals surface area contributed by atoms with Crippen LogP contribution in [0.15, 0.2) is 0 Å². The molecule has 0 aromatic heterocycles. The Kier molecular flexibility index (Phi) is 12.7. The number of ether oxygens (including phenoxy) is 7. The molecule has 4 rings (SSSR count). The Balaban J connectivity index is 1.49. The Morgan fingerprint density at radius 1 is 0.591 bits per heavy atom. The second-order valence-corrected chi connectivity index (χ2v) is 11.6. The Morgan fingerprint density at radius 3 is 1.70 bits per heavy atom. The predicted molar refractivity (Wildman–Crippen MR) is 146 cm³/mol. The summed E-state index contributed by atoms with van der Waals surface area (Å²) in [6.45, 7) is 0.613. The molecule has 3 saturated heterocycles. The summed E-state index contributed by atoms with van der Waals surface area (Å²) in [5.41, 5.74) is 30.3. The van der Waals surface area contributed by atoms with Gasteiger partial charge in [0, 0.05) is 25.2 Å². The van der Waals surface area contributed by atoms with E-state index in [9.17, 15) is 35.7 Å². The molecule has 44 heavy (non-hydrogen) atoms. The molecule has 0 spiro atoms. The van der Waals surface area contributed by atoms with Gasteiger partial charge in [-0.15, -0.1) is 0 Å². The highest BCUT2D eigenvalue weighted by atomic mass is 16.8. The number of hydrogen-bond donors (Lipinski definition) is 12. The van der Waals surface area contributed by atoms with Gasteiger partial charge in [-0.1, -0.05) is 0 Å². The molecule has 258 valence electrons. The van der Waals surface area contributed by atoms with Crippen LogP contribution < -0.4 is 28.7 Å². The summed E-state index contributed by atoms with van der Waals surface area (Å²) in [6, 6.07) is -4.11. The molecular weight excluding hydrogens is 594 g/mol. The Hall–Kier alpha value is -0.760. The molecule has 3 aliphatic heterocycles. The van der Waals surface area contributed by atoms with Crippen molar-refractivity contribution >= 4 is 0 Å². The van der Waals surface area contributed by atoms with Gasteiger partial charge in [0.2, 0.25) is 0 Å². The van der Waals surface area contributed by atoms with Crippen molar-refractivity contribution in [1.82, 2.24) is 0 Å². The average Bonchev–Trinajstić information content (AvgIpc) is 3.30. The fourth-order valence-corrected chi connectivity index (χ4v) is 6.08. The van der Waals surface area contributed by atoms with Crippen LogP contribution >= 0.6 is 0 Å². The maximum absolute atomic E-state index is 11.2. The third-order valence-corrected chi connectivity index (χ3v) is 8.65. The van der Waals surface area contributed by atoms with Crippen LogP contribution in [0.5, 0.6) is 0 Å². The standard InChI is InChI=1S/C25H49N5O14/c1-2-38-20-10(5-31)40-24(13(30)17(20)36)42-19-8(28)3-7(27)14(33)22(19)44-25-18(37)21(11(6-32)41-25)43-23-12(29)16(35)15(34)9(4-26)39-23/h7-25,31-37H,2-6,26-30H2,1H3/t7-,8+,9+,10-,11-,12-,13-,14+,15-,16-,17-,18-,19-,20-,21-,22-,23-,24-,25+/m1/s1. The van der Waals surface area contributed by atoms with E-state index in [1.54, 1.807) is 6.92 Å². The number of aliphatic hydroxyl groups excluding tert-OH is 7. The van der Waals surface area contributed by atoms with Crippen LogP contribution in [0.3, 0.4) is 0 Å². The van der Waals surface area contributed by atoms with Crippen LogP contribution in [0.2, 0.25) is 0 Å². The number of nitrogens with two attached hydrogens (primary N) is 5. The van der Waals surface area contributed by atoms with E-state index in [1.807, 2.05) is 0 Å². The summed E-state index contributed by atoms with van der Waals surface area (Å²) >= 11 is 0. The molecule has 3 heterocycles. The summed E-state index contributed by atoms with van der Waals surface area (Å²) in [5, 5.41) is 73.2. The van der Waals surface area contributed by atoms with Gasteiger partial charge in [-0.05, 0) is 13.3 Å². The normalized spacial score (nSPS) is 51.9. The molecule has 4 aliphatic rings. The number of hydrogen-bond acceptors (Lipinski definition) is 19. The highest BCUT2D eigenvalue weighted by Crippen LogP contribution is 2.34. The number of aliphatic hydroxyl groups is 7. The lowest BCUT2D eigenvalue weighted by Gasteiger charge is -2.47. The molecule has 17 N–H and O–H groups in total. The van der Waals surface area contributed by atoms with Crippen LogP contribution in [0.4, 0.5) is 0 Å². The molecule has 19 nitrogen and oxygen atoms in total. The second kappa shape index (κ2) is 15.4. The summed E-state index contributed by atoms with van der Waals surface area (Å²) in [6.07, 6.45) is -19.2. The highest BCUT2D eigenvalue weighted by molar-refractivity contribution is 5.02. The quantitative estimate of drug-likeness (QED) is 0.0994. The molecule has 4 fully saturated rings. The fraction of sp³-hybridized carbons (Fsp3) is 1.00. The zero-order valence-corrected chi connectivity index (χ0v) is 24.4. The molecule has 0 aromatic carbocycles. The third-order valence-electron chi connectivity index (χ3n) is 8.65. The van der Waals surface area contributed by atoms with Crippen LogP contribution in [0.1, 0.15) is 13.3 Å². The van der Waals surface area contributed by atoms with Gasteiger partial charge in [0.1, 0.15) is 67.1 Å². The molecular formula is C25H49N5O14. The maximum atomic E-state index is 11.2. The van der Waals surface area contributed by atoms with Crippen LogP contribution in [-0.2, 0) is 33.2 Å². The first-order chi connectivity index (χ1) is 20.9. The van der Waals surface area contributed by atoms with Crippen molar-refractivity contribution in [3.63, 3.8) is 0 Å². The van der Waals surface area contributed by atoms with Gasteiger partial charge in [0.05, 0.1) is 31.4 Å². The minimum Gasteiger partial charge on any atom is -0.394 e. The van der Waals surface area contributed by atoms with Gasteiger partial charge in [0.25, 0.3) is 0 Å². The molecule has 0 bridgehead atoms. The zero-order valence-electron chi connectivity index (χ0n) is 24.4. The second-order valence-electron chi connectivity index (χ2n) is 11.6. The van der Waals surface area contributed by atoms with Gasteiger partial charge >= 0.3 is 0 Å². The van der Waals surface area contributed by atoms with Crippen molar-refractivity contribution in [1.29, 1.82) is 0 Å². The first kappa shape index (κ1) is 36.1. The largest absolute Gasteiger partial charge is 0.394 e. The Morgan fingerprint density at radius 2 is 1.11 bits per heavy atom. The van der Waals surface area contributed by atoms with Crippen LogP contribution in [0.25, 0.3) is 0 Å². The minimum atomic E-state index is -1.61. The van der Waals surface area contributed by atoms with Crippen molar-refractivity contribution in [2.75, 3.05) is 26.4 Å².